The normalized spacial score (nSPS) is 10.8. The number of hydrogen-bond donors (Lipinski definition) is 1. The highest BCUT2D eigenvalue weighted by molar-refractivity contribution is 7.15. The van der Waals surface area contributed by atoms with E-state index in [4.69, 9.17) is 0 Å². The lowest BCUT2D eigenvalue weighted by atomic mass is 10.1. The lowest BCUT2D eigenvalue weighted by molar-refractivity contribution is 0.102. The Morgan fingerprint density at radius 2 is 1.81 bits per heavy atom. The number of benzene rings is 2. The Morgan fingerprint density at radius 1 is 1.08 bits per heavy atom. The average molecular weight is 365 g/mol. The van der Waals surface area contributed by atoms with Gasteiger partial charge < -0.3 is 5.32 Å². The molecule has 5 nitrogen and oxygen atoms in total. The van der Waals surface area contributed by atoms with E-state index in [0.29, 0.717) is 21.9 Å². The zero-order valence-corrected chi connectivity index (χ0v) is 14.2. The van der Waals surface area contributed by atoms with Crippen molar-refractivity contribution in [3.05, 3.63) is 87.9 Å². The summed E-state index contributed by atoms with van der Waals surface area (Å²) in [5.74, 6) is -0.888. The van der Waals surface area contributed by atoms with Crippen LogP contribution in [0.3, 0.4) is 0 Å². The van der Waals surface area contributed by atoms with Crippen LogP contribution in [0.2, 0.25) is 0 Å². The molecular formula is C19H12FN3O2S. The summed E-state index contributed by atoms with van der Waals surface area (Å²) in [5.41, 5.74) is 1.29. The van der Waals surface area contributed by atoms with Gasteiger partial charge in [-0.2, -0.15) is 0 Å². The van der Waals surface area contributed by atoms with Gasteiger partial charge in [-0.1, -0.05) is 18.2 Å². The molecule has 0 radical (unpaired) electrons. The molecule has 0 aliphatic carbocycles. The van der Waals surface area contributed by atoms with Gasteiger partial charge >= 0.3 is 0 Å². The molecule has 0 saturated heterocycles. The van der Waals surface area contributed by atoms with Gasteiger partial charge in [0.2, 0.25) is 0 Å². The molecule has 0 spiro atoms. The van der Waals surface area contributed by atoms with Crippen LogP contribution in [0.25, 0.3) is 16.2 Å². The Hall–Kier alpha value is -3.32. The SMILES string of the molecule is O=C(Nc1ccccc1)c1cnc2scc(-c3ccc(F)cc3)n2c1=O. The second-order valence-electron chi connectivity index (χ2n) is 5.54. The van der Waals surface area contributed by atoms with Crippen molar-refractivity contribution < 1.29 is 9.18 Å². The number of thiazole rings is 1. The number of halogens is 1. The van der Waals surface area contributed by atoms with E-state index in [1.807, 2.05) is 6.07 Å². The third-order valence-corrected chi connectivity index (χ3v) is 4.70. The Balaban J connectivity index is 1.79. The van der Waals surface area contributed by atoms with Crippen LogP contribution in [0.15, 0.2) is 71.0 Å². The van der Waals surface area contributed by atoms with Crippen LogP contribution in [0, 0.1) is 5.82 Å². The lowest BCUT2D eigenvalue weighted by Crippen LogP contribution is -2.26. The fourth-order valence-corrected chi connectivity index (χ4v) is 3.45. The van der Waals surface area contributed by atoms with Crippen molar-refractivity contribution in [1.29, 1.82) is 0 Å². The summed E-state index contributed by atoms with van der Waals surface area (Å²) in [6, 6.07) is 14.7. The molecule has 1 N–H and O–H groups in total. The predicted molar refractivity (Wildman–Crippen MR) is 99.1 cm³/mol. The van der Waals surface area contributed by atoms with E-state index in [0.717, 1.165) is 0 Å². The molecule has 128 valence electrons. The van der Waals surface area contributed by atoms with Crippen LogP contribution >= 0.6 is 11.3 Å². The van der Waals surface area contributed by atoms with E-state index in [-0.39, 0.29) is 11.4 Å². The molecule has 1 amide bonds. The van der Waals surface area contributed by atoms with Gasteiger partial charge in [-0.05, 0) is 42.0 Å². The van der Waals surface area contributed by atoms with Gasteiger partial charge in [-0.25, -0.2) is 9.37 Å². The third-order valence-electron chi connectivity index (χ3n) is 3.86. The summed E-state index contributed by atoms with van der Waals surface area (Å²) in [7, 11) is 0. The molecule has 4 rings (SSSR count). The second-order valence-corrected chi connectivity index (χ2v) is 6.38. The van der Waals surface area contributed by atoms with Crippen molar-refractivity contribution in [2.45, 2.75) is 0 Å². The number of anilines is 1. The number of carbonyl (C=O) groups is 1. The molecule has 2 aromatic heterocycles. The van der Waals surface area contributed by atoms with Crippen molar-refractivity contribution in [2.24, 2.45) is 0 Å². The molecule has 0 fully saturated rings. The maximum absolute atomic E-state index is 13.2. The second kappa shape index (κ2) is 6.53. The zero-order chi connectivity index (χ0) is 18.1. The first-order valence-corrected chi connectivity index (χ1v) is 8.63. The number of amides is 1. The van der Waals surface area contributed by atoms with Crippen molar-refractivity contribution in [3.63, 3.8) is 0 Å². The van der Waals surface area contributed by atoms with Gasteiger partial charge in [0.05, 0.1) is 5.69 Å². The highest BCUT2D eigenvalue weighted by atomic mass is 32.1. The Bertz CT molecular complexity index is 1150. The molecular weight excluding hydrogens is 353 g/mol. The standard InChI is InChI=1S/C19H12FN3O2S/c20-13-8-6-12(7-9-13)16-11-26-19-21-10-15(18(25)23(16)19)17(24)22-14-4-2-1-3-5-14/h1-11H,(H,22,24). The number of hydrogen-bond acceptors (Lipinski definition) is 4. The van der Waals surface area contributed by atoms with E-state index < -0.39 is 11.5 Å². The monoisotopic (exact) mass is 365 g/mol. The molecule has 0 atom stereocenters. The maximum Gasteiger partial charge on any atom is 0.271 e. The number of fused-ring (bicyclic) bond motifs is 1. The molecule has 0 saturated carbocycles. The first-order valence-electron chi connectivity index (χ1n) is 7.75. The lowest BCUT2D eigenvalue weighted by Gasteiger charge is -2.06. The Morgan fingerprint density at radius 3 is 2.54 bits per heavy atom. The molecule has 2 aromatic carbocycles. The van der Waals surface area contributed by atoms with E-state index in [2.05, 4.69) is 10.3 Å². The molecule has 7 heteroatoms. The summed E-state index contributed by atoms with van der Waals surface area (Å²) >= 11 is 1.28. The first kappa shape index (κ1) is 16.2. The summed E-state index contributed by atoms with van der Waals surface area (Å²) in [4.78, 5) is 30.0. The van der Waals surface area contributed by atoms with Crippen LogP contribution in [-0.2, 0) is 0 Å². The van der Waals surface area contributed by atoms with Crippen LogP contribution in [0.4, 0.5) is 10.1 Å². The van der Waals surface area contributed by atoms with E-state index >= 15 is 0 Å². The molecule has 0 bridgehead atoms. The Labute approximate surface area is 151 Å². The van der Waals surface area contributed by atoms with Crippen LogP contribution in [-0.4, -0.2) is 15.3 Å². The minimum Gasteiger partial charge on any atom is -0.322 e. The largest absolute Gasteiger partial charge is 0.322 e. The van der Waals surface area contributed by atoms with Gasteiger partial charge in [0.15, 0.2) is 4.96 Å². The molecule has 0 aliphatic rings. The van der Waals surface area contributed by atoms with Crippen molar-refractivity contribution in [1.82, 2.24) is 9.38 Å². The van der Waals surface area contributed by atoms with Crippen molar-refractivity contribution in [3.8, 4) is 11.3 Å². The molecule has 2 heterocycles. The predicted octanol–water partition coefficient (Wildman–Crippen LogP) is 3.81. The zero-order valence-electron chi connectivity index (χ0n) is 13.3. The summed E-state index contributed by atoms with van der Waals surface area (Å²) in [6.07, 6.45) is 1.28. The van der Waals surface area contributed by atoms with Crippen LogP contribution < -0.4 is 10.9 Å². The minimum atomic E-state index is -0.528. The quantitative estimate of drug-likeness (QED) is 0.600. The van der Waals surface area contributed by atoms with E-state index in [1.165, 1.54) is 34.1 Å². The highest BCUT2D eigenvalue weighted by Crippen LogP contribution is 2.24. The molecule has 26 heavy (non-hydrogen) atoms. The molecule has 0 unspecified atom stereocenters. The van der Waals surface area contributed by atoms with E-state index in [9.17, 15) is 14.0 Å². The molecule has 0 aliphatic heterocycles. The number of aromatic nitrogens is 2. The average Bonchev–Trinajstić information content (AvgIpc) is 3.08. The number of rotatable bonds is 3. The first-order chi connectivity index (χ1) is 12.6. The molecule has 4 aromatic rings. The number of carbonyl (C=O) groups excluding carboxylic acids is 1. The van der Waals surface area contributed by atoms with Crippen molar-refractivity contribution in [2.75, 3.05) is 5.32 Å². The maximum atomic E-state index is 13.2. The van der Waals surface area contributed by atoms with Crippen molar-refractivity contribution >= 4 is 27.9 Å². The number of nitrogens with zero attached hydrogens (tertiary/aromatic N) is 2. The number of para-hydroxylation sites is 1. The number of nitrogens with one attached hydrogen (secondary N) is 1. The fraction of sp³-hybridized carbons (Fsp3) is 0. The summed E-state index contributed by atoms with van der Waals surface area (Å²) < 4.78 is 14.5. The van der Waals surface area contributed by atoms with Gasteiger partial charge in [-0.15, -0.1) is 11.3 Å². The fourth-order valence-electron chi connectivity index (χ4n) is 2.59. The van der Waals surface area contributed by atoms with Crippen LogP contribution in [0.5, 0.6) is 0 Å². The smallest absolute Gasteiger partial charge is 0.271 e. The topological polar surface area (TPSA) is 63.5 Å². The van der Waals surface area contributed by atoms with E-state index in [1.54, 1.807) is 41.8 Å². The third kappa shape index (κ3) is 2.89. The van der Waals surface area contributed by atoms with Gasteiger partial charge in [0, 0.05) is 17.3 Å². The Kier molecular flexibility index (Phi) is 4.06. The summed E-state index contributed by atoms with van der Waals surface area (Å²) in [5, 5.41) is 4.44. The van der Waals surface area contributed by atoms with Gasteiger partial charge in [0.25, 0.3) is 11.5 Å². The van der Waals surface area contributed by atoms with Crippen LogP contribution in [0.1, 0.15) is 10.4 Å². The highest BCUT2D eigenvalue weighted by Gasteiger charge is 2.17. The van der Waals surface area contributed by atoms with Gasteiger partial charge in [0.1, 0.15) is 11.4 Å². The summed E-state index contributed by atoms with van der Waals surface area (Å²) in [6.45, 7) is 0. The van der Waals surface area contributed by atoms with Gasteiger partial charge in [-0.3, -0.25) is 14.0 Å². The minimum absolute atomic E-state index is 0.0619.